The van der Waals surface area contributed by atoms with Crippen molar-refractivity contribution in [1.82, 2.24) is 10.2 Å². The summed E-state index contributed by atoms with van der Waals surface area (Å²) in [5, 5.41) is 3.50. The monoisotopic (exact) mass is 252 g/mol. The molecule has 0 aromatic heterocycles. The first-order chi connectivity index (χ1) is 7.06. The number of likely N-dealkylation sites (N-methyl/N-ethyl adjacent to an activating group) is 1. The summed E-state index contributed by atoms with van der Waals surface area (Å²) in [7, 11) is 0. The summed E-state index contributed by atoms with van der Waals surface area (Å²) in [5.41, 5.74) is 1.29. The van der Waals surface area contributed by atoms with Crippen molar-refractivity contribution in [3.05, 3.63) is 10.6 Å². The molecule has 1 unspecified atom stereocenters. The topological polar surface area (TPSA) is 32.3 Å². The number of hydrogen-bond acceptors (Lipinski definition) is 2. The first-order valence-corrected chi connectivity index (χ1v) is 5.85. The average Bonchev–Trinajstić information content (AvgIpc) is 2.26. The first-order valence-electron chi connectivity index (χ1n) is 5.03. The van der Waals surface area contributed by atoms with Crippen molar-refractivity contribution < 1.29 is 4.79 Å². The smallest absolute Gasteiger partial charge is 0.239 e. The molecular weight excluding hydrogens is 235 g/mol. The molecule has 0 spiro atoms. The molecule has 0 saturated heterocycles. The molecule has 0 heterocycles. The first kappa shape index (κ1) is 14.8. The number of halogens is 2. The molecule has 0 aliphatic heterocycles. The van der Waals surface area contributed by atoms with Gasteiger partial charge in [0, 0.05) is 30.2 Å². The minimum absolute atomic E-state index is 0.0824. The van der Waals surface area contributed by atoms with Gasteiger partial charge in [0.05, 0.1) is 6.04 Å². The van der Waals surface area contributed by atoms with E-state index in [2.05, 4.69) is 5.32 Å². The van der Waals surface area contributed by atoms with Crippen LogP contribution < -0.4 is 5.32 Å². The van der Waals surface area contributed by atoms with Crippen molar-refractivity contribution in [3.8, 4) is 0 Å². The number of rotatable bonds is 6. The maximum absolute atomic E-state index is 11.8. The molecule has 0 aromatic carbocycles. The zero-order valence-electron chi connectivity index (χ0n) is 9.39. The minimum Gasteiger partial charge on any atom is -0.342 e. The fraction of sp³-hybridized carbons (Fsp3) is 0.700. The number of carbonyl (C=O) groups is 1. The van der Waals surface area contributed by atoms with Crippen molar-refractivity contribution in [1.29, 1.82) is 0 Å². The number of hydrogen-bond donors (Lipinski definition) is 1. The summed E-state index contributed by atoms with van der Waals surface area (Å²) >= 11 is 11.1. The van der Waals surface area contributed by atoms with E-state index in [0.29, 0.717) is 11.6 Å². The number of nitrogens with zero attached hydrogens (tertiary/aromatic N) is 1. The van der Waals surface area contributed by atoms with Gasteiger partial charge in [-0.1, -0.05) is 23.2 Å². The molecule has 0 aromatic rings. The predicted octanol–water partition coefficient (Wildman–Crippen LogP) is 2.15. The highest BCUT2D eigenvalue weighted by Crippen LogP contribution is 2.02. The van der Waals surface area contributed by atoms with Gasteiger partial charge in [0.15, 0.2) is 0 Å². The third-order valence-electron chi connectivity index (χ3n) is 2.14. The Kier molecular flexibility index (Phi) is 7.83. The highest BCUT2D eigenvalue weighted by Gasteiger charge is 2.17. The average molecular weight is 253 g/mol. The van der Waals surface area contributed by atoms with E-state index in [1.165, 1.54) is 5.54 Å². The van der Waals surface area contributed by atoms with Crippen LogP contribution in [0, 0.1) is 0 Å². The lowest BCUT2D eigenvalue weighted by Gasteiger charge is -2.23. The number of nitrogens with one attached hydrogen (secondary N) is 1. The van der Waals surface area contributed by atoms with Crippen LogP contribution in [0.5, 0.6) is 0 Å². The molecule has 0 radical (unpaired) electrons. The molecule has 15 heavy (non-hydrogen) atoms. The van der Waals surface area contributed by atoms with Gasteiger partial charge in [0.2, 0.25) is 5.91 Å². The standard InChI is InChI=1S/C10H18Cl2N2O/c1-4-14(5-2)10(15)8(3)13-7-9(12)6-11/h6,8,13H,4-5,7H2,1-3H3. The Morgan fingerprint density at radius 3 is 2.40 bits per heavy atom. The van der Waals surface area contributed by atoms with Crippen LogP contribution in [0.1, 0.15) is 20.8 Å². The van der Waals surface area contributed by atoms with Crippen LogP contribution in [0.2, 0.25) is 0 Å². The summed E-state index contributed by atoms with van der Waals surface area (Å²) in [6.07, 6.45) is 0. The maximum atomic E-state index is 11.8. The zero-order valence-corrected chi connectivity index (χ0v) is 10.9. The van der Waals surface area contributed by atoms with Gasteiger partial charge < -0.3 is 10.2 Å². The summed E-state index contributed by atoms with van der Waals surface area (Å²) in [6, 6.07) is -0.240. The highest BCUT2D eigenvalue weighted by atomic mass is 35.5. The van der Waals surface area contributed by atoms with Gasteiger partial charge in [-0.15, -0.1) is 0 Å². The maximum Gasteiger partial charge on any atom is 0.239 e. The second kappa shape index (κ2) is 7.97. The quantitative estimate of drug-likeness (QED) is 0.786. The molecule has 0 aliphatic rings. The third kappa shape index (κ3) is 5.40. The molecule has 0 bridgehead atoms. The molecule has 1 amide bonds. The van der Waals surface area contributed by atoms with E-state index in [1.54, 1.807) is 4.90 Å². The molecule has 3 nitrogen and oxygen atoms in total. The Balaban J connectivity index is 4.09. The van der Waals surface area contributed by atoms with Crippen LogP contribution >= 0.6 is 23.2 Å². The Bertz CT molecular complexity index is 227. The predicted molar refractivity (Wildman–Crippen MR) is 65.2 cm³/mol. The summed E-state index contributed by atoms with van der Waals surface area (Å²) < 4.78 is 0. The van der Waals surface area contributed by atoms with Crippen LogP contribution in [-0.2, 0) is 4.79 Å². The summed E-state index contributed by atoms with van der Waals surface area (Å²) in [4.78, 5) is 13.5. The van der Waals surface area contributed by atoms with E-state index in [9.17, 15) is 4.79 Å². The van der Waals surface area contributed by atoms with Crippen LogP contribution in [0.15, 0.2) is 10.6 Å². The Morgan fingerprint density at radius 1 is 1.47 bits per heavy atom. The van der Waals surface area contributed by atoms with E-state index in [0.717, 1.165) is 13.1 Å². The van der Waals surface area contributed by atoms with Crippen LogP contribution in [0.4, 0.5) is 0 Å². The van der Waals surface area contributed by atoms with Gasteiger partial charge in [-0.25, -0.2) is 0 Å². The molecule has 5 heteroatoms. The largest absolute Gasteiger partial charge is 0.342 e. The molecule has 0 fully saturated rings. The number of carbonyl (C=O) groups excluding carboxylic acids is 1. The van der Waals surface area contributed by atoms with Crippen LogP contribution in [0.3, 0.4) is 0 Å². The molecule has 88 valence electrons. The fourth-order valence-corrected chi connectivity index (χ4v) is 1.34. The zero-order chi connectivity index (χ0) is 11.8. The fourth-order valence-electron chi connectivity index (χ4n) is 1.19. The van der Waals surface area contributed by atoms with E-state index in [-0.39, 0.29) is 11.9 Å². The Morgan fingerprint density at radius 2 is 2.00 bits per heavy atom. The Hall–Kier alpha value is -0.250. The molecule has 0 saturated carbocycles. The van der Waals surface area contributed by atoms with Gasteiger partial charge in [-0.3, -0.25) is 4.79 Å². The van der Waals surface area contributed by atoms with Gasteiger partial charge in [0.25, 0.3) is 0 Å². The number of amides is 1. The van der Waals surface area contributed by atoms with E-state index in [4.69, 9.17) is 23.2 Å². The second-order valence-corrected chi connectivity index (χ2v) is 3.87. The van der Waals surface area contributed by atoms with Crippen molar-refractivity contribution in [2.45, 2.75) is 26.8 Å². The molecule has 0 rings (SSSR count). The lowest BCUT2D eigenvalue weighted by Crippen LogP contribution is -2.45. The molecule has 1 N–H and O–H groups in total. The van der Waals surface area contributed by atoms with Crippen molar-refractivity contribution in [2.75, 3.05) is 19.6 Å². The molecular formula is C10H18Cl2N2O. The van der Waals surface area contributed by atoms with Crippen LogP contribution in [0.25, 0.3) is 0 Å². The third-order valence-corrected chi connectivity index (χ3v) is 2.76. The van der Waals surface area contributed by atoms with Gasteiger partial charge in [0.1, 0.15) is 0 Å². The van der Waals surface area contributed by atoms with Gasteiger partial charge in [-0.2, -0.15) is 0 Å². The second-order valence-electron chi connectivity index (χ2n) is 3.17. The van der Waals surface area contributed by atoms with Crippen molar-refractivity contribution in [2.24, 2.45) is 0 Å². The van der Waals surface area contributed by atoms with E-state index in [1.807, 2.05) is 20.8 Å². The van der Waals surface area contributed by atoms with E-state index >= 15 is 0 Å². The van der Waals surface area contributed by atoms with Crippen LogP contribution in [-0.4, -0.2) is 36.5 Å². The summed E-state index contributed by atoms with van der Waals surface area (Å²) in [5.74, 6) is 0.0824. The summed E-state index contributed by atoms with van der Waals surface area (Å²) in [6.45, 7) is 7.60. The normalized spacial score (nSPS) is 13.8. The highest BCUT2D eigenvalue weighted by molar-refractivity contribution is 6.36. The lowest BCUT2D eigenvalue weighted by molar-refractivity contribution is -0.132. The van der Waals surface area contributed by atoms with Crippen molar-refractivity contribution >= 4 is 29.1 Å². The molecule has 0 aliphatic carbocycles. The van der Waals surface area contributed by atoms with Gasteiger partial charge >= 0.3 is 0 Å². The Labute approximate surface area is 101 Å². The van der Waals surface area contributed by atoms with Gasteiger partial charge in [-0.05, 0) is 20.8 Å². The minimum atomic E-state index is -0.240. The van der Waals surface area contributed by atoms with Crippen molar-refractivity contribution in [3.63, 3.8) is 0 Å². The lowest BCUT2D eigenvalue weighted by atomic mass is 10.3. The molecule has 1 atom stereocenters. The SMILES string of the molecule is CCN(CC)C(=O)C(C)NCC(Cl)=CCl. The van der Waals surface area contributed by atoms with E-state index < -0.39 is 0 Å².